The molecule has 0 aromatic carbocycles. The van der Waals surface area contributed by atoms with Crippen LogP contribution in [0.25, 0.3) is 0 Å². The summed E-state index contributed by atoms with van der Waals surface area (Å²) < 4.78 is 23.6. The lowest BCUT2D eigenvalue weighted by atomic mass is 9.96. The zero-order valence-corrected chi connectivity index (χ0v) is 11.7. The van der Waals surface area contributed by atoms with E-state index >= 15 is 0 Å². The summed E-state index contributed by atoms with van der Waals surface area (Å²) >= 11 is 1.11. The zero-order valence-electron chi connectivity index (χ0n) is 10.0. The van der Waals surface area contributed by atoms with Gasteiger partial charge < -0.3 is 10.2 Å². The lowest BCUT2D eigenvalue weighted by molar-refractivity contribution is 0.112. The second-order valence-corrected chi connectivity index (χ2v) is 8.10. The third-order valence-electron chi connectivity index (χ3n) is 2.11. The van der Waals surface area contributed by atoms with Crippen LogP contribution >= 0.6 is 11.3 Å². The average Bonchev–Trinajstić information content (AvgIpc) is 2.65. The van der Waals surface area contributed by atoms with E-state index < -0.39 is 28.3 Å². The smallest absolute Gasteiger partial charge is 0.209 e. The molecule has 0 saturated heterocycles. The Morgan fingerprint density at radius 3 is 2.47 bits per heavy atom. The summed E-state index contributed by atoms with van der Waals surface area (Å²) in [7, 11) is -3.61. The minimum Gasteiger partial charge on any atom is -0.394 e. The van der Waals surface area contributed by atoms with Crippen molar-refractivity contribution in [1.29, 1.82) is 0 Å². The molecule has 7 heteroatoms. The van der Waals surface area contributed by atoms with Crippen molar-refractivity contribution < 1.29 is 18.6 Å². The van der Waals surface area contributed by atoms with Crippen LogP contribution in [0.15, 0.2) is 10.5 Å². The molecule has 1 heterocycles. The molecular weight excluding hydrogens is 262 g/mol. The molecule has 0 fully saturated rings. The second kappa shape index (κ2) is 5.01. The largest absolute Gasteiger partial charge is 0.394 e. The topological polar surface area (TPSA) is 87.5 Å². The van der Waals surface area contributed by atoms with Crippen molar-refractivity contribution in [2.75, 3.05) is 12.4 Å². The number of aliphatic hydroxyl groups is 2. The fraction of sp³-hybridized carbons (Fsp3) is 0.700. The molecule has 2 N–H and O–H groups in total. The fourth-order valence-electron chi connectivity index (χ4n) is 1.13. The molecule has 0 aliphatic rings. The highest BCUT2D eigenvalue weighted by molar-refractivity contribution is 7.93. The summed E-state index contributed by atoms with van der Waals surface area (Å²) in [5.41, 5.74) is -0.152. The molecule has 0 radical (unpaired) electrons. The Kier molecular flexibility index (Phi) is 4.29. The lowest BCUT2D eigenvalue weighted by Crippen LogP contribution is -2.24. The van der Waals surface area contributed by atoms with Crippen LogP contribution in [0.3, 0.4) is 0 Å². The number of rotatable bonds is 4. The molecule has 0 aliphatic heterocycles. The Bertz CT molecular complexity index is 473. The molecule has 1 unspecified atom stereocenters. The van der Waals surface area contributed by atoms with Crippen LogP contribution in [-0.4, -0.2) is 42.1 Å². The maximum absolute atomic E-state index is 11.8. The van der Waals surface area contributed by atoms with Gasteiger partial charge in [0, 0.05) is 11.1 Å². The van der Waals surface area contributed by atoms with Crippen molar-refractivity contribution in [2.24, 2.45) is 0 Å². The van der Waals surface area contributed by atoms with E-state index in [0.29, 0.717) is 0 Å². The molecular formula is C10H17NO4S2. The molecule has 1 atom stereocenters. The Hall–Kier alpha value is -0.500. The van der Waals surface area contributed by atoms with Gasteiger partial charge in [-0.25, -0.2) is 13.4 Å². The highest BCUT2D eigenvalue weighted by Gasteiger charge is 2.25. The molecule has 5 nitrogen and oxygen atoms in total. The molecule has 1 aromatic heterocycles. The van der Waals surface area contributed by atoms with Gasteiger partial charge in [0.05, 0.1) is 18.5 Å². The summed E-state index contributed by atoms with van der Waals surface area (Å²) in [5.74, 6) is -0.499. The summed E-state index contributed by atoms with van der Waals surface area (Å²) in [6.45, 7) is 5.34. The summed E-state index contributed by atoms with van der Waals surface area (Å²) in [5, 5.41) is 17.8. The monoisotopic (exact) mass is 279 g/mol. The molecule has 17 heavy (non-hydrogen) atoms. The molecule has 0 aliphatic carbocycles. The van der Waals surface area contributed by atoms with Crippen LogP contribution in [0.4, 0.5) is 0 Å². The molecule has 1 rings (SSSR count). The predicted molar refractivity (Wildman–Crippen MR) is 66.0 cm³/mol. The predicted octanol–water partition coefficient (Wildman–Crippen LogP) is 0.568. The van der Waals surface area contributed by atoms with E-state index in [1.165, 1.54) is 0 Å². The van der Waals surface area contributed by atoms with Gasteiger partial charge in [0.25, 0.3) is 0 Å². The van der Waals surface area contributed by atoms with Crippen LogP contribution in [0, 0.1) is 0 Å². The van der Waals surface area contributed by atoms with E-state index in [9.17, 15) is 8.42 Å². The third kappa shape index (κ3) is 3.74. The molecule has 0 bridgehead atoms. The summed E-state index contributed by atoms with van der Waals surface area (Å²) in [4.78, 5) is 4.75. The van der Waals surface area contributed by atoms with Gasteiger partial charge >= 0.3 is 0 Å². The molecule has 1 aromatic rings. The third-order valence-corrected chi connectivity index (χ3v) is 5.80. The Morgan fingerprint density at radius 1 is 1.47 bits per heavy atom. The SMILES string of the molecule is CC(C)(C)c1cnc(S(=O)(=O)CC(O)CO)s1. The van der Waals surface area contributed by atoms with Gasteiger partial charge in [-0.15, -0.1) is 11.3 Å². The first-order valence-electron chi connectivity index (χ1n) is 5.15. The van der Waals surface area contributed by atoms with E-state index in [1.807, 2.05) is 20.8 Å². The second-order valence-electron chi connectivity index (χ2n) is 4.86. The molecule has 98 valence electrons. The minimum absolute atomic E-state index is 0.00470. The molecule has 0 saturated carbocycles. The minimum atomic E-state index is -3.61. The van der Waals surface area contributed by atoms with Crippen molar-refractivity contribution in [3.63, 3.8) is 0 Å². The average molecular weight is 279 g/mol. The van der Waals surface area contributed by atoms with Crippen molar-refractivity contribution in [3.8, 4) is 0 Å². The highest BCUT2D eigenvalue weighted by Crippen LogP contribution is 2.30. The van der Waals surface area contributed by atoms with Crippen molar-refractivity contribution >= 4 is 21.2 Å². The fourth-order valence-corrected chi connectivity index (χ4v) is 3.78. The number of nitrogens with zero attached hydrogens (tertiary/aromatic N) is 1. The number of thiazole rings is 1. The van der Waals surface area contributed by atoms with Crippen LogP contribution in [0.5, 0.6) is 0 Å². The summed E-state index contributed by atoms with van der Waals surface area (Å²) in [6, 6.07) is 0. The Balaban J connectivity index is 2.97. The Labute approximate surface area is 105 Å². The van der Waals surface area contributed by atoms with E-state index in [1.54, 1.807) is 6.20 Å². The van der Waals surface area contributed by atoms with Gasteiger partial charge in [-0.3, -0.25) is 0 Å². The maximum atomic E-state index is 11.8. The quantitative estimate of drug-likeness (QED) is 0.841. The molecule has 0 amide bonds. The van der Waals surface area contributed by atoms with Gasteiger partial charge in [-0.05, 0) is 5.41 Å². The summed E-state index contributed by atoms with van der Waals surface area (Å²) in [6.07, 6.45) is 0.282. The zero-order chi connectivity index (χ0) is 13.3. The number of aliphatic hydroxyl groups excluding tert-OH is 2. The van der Waals surface area contributed by atoms with Crippen molar-refractivity contribution in [3.05, 3.63) is 11.1 Å². The van der Waals surface area contributed by atoms with Gasteiger partial charge in [0.2, 0.25) is 14.2 Å². The van der Waals surface area contributed by atoms with Crippen molar-refractivity contribution in [2.45, 2.75) is 36.6 Å². The normalized spacial score (nSPS) is 14.9. The Morgan fingerprint density at radius 2 is 2.06 bits per heavy atom. The standard InChI is InChI=1S/C10H17NO4S2/c1-10(2,3)8-4-11-9(16-8)17(14,15)6-7(13)5-12/h4,7,12-13H,5-6H2,1-3H3. The van der Waals surface area contributed by atoms with E-state index in [-0.39, 0.29) is 9.75 Å². The van der Waals surface area contributed by atoms with Gasteiger partial charge in [0.1, 0.15) is 0 Å². The first-order valence-corrected chi connectivity index (χ1v) is 7.61. The first-order chi connectivity index (χ1) is 7.66. The van der Waals surface area contributed by atoms with E-state index in [0.717, 1.165) is 16.2 Å². The van der Waals surface area contributed by atoms with Gasteiger partial charge in [-0.2, -0.15) is 0 Å². The molecule has 0 spiro atoms. The van der Waals surface area contributed by atoms with E-state index in [4.69, 9.17) is 10.2 Å². The highest BCUT2D eigenvalue weighted by atomic mass is 32.2. The number of hydrogen-bond acceptors (Lipinski definition) is 6. The number of aromatic nitrogens is 1. The van der Waals surface area contributed by atoms with Gasteiger partial charge in [0.15, 0.2) is 0 Å². The van der Waals surface area contributed by atoms with Crippen molar-refractivity contribution in [1.82, 2.24) is 4.98 Å². The van der Waals surface area contributed by atoms with Gasteiger partial charge in [-0.1, -0.05) is 20.8 Å². The maximum Gasteiger partial charge on any atom is 0.209 e. The number of hydrogen-bond donors (Lipinski definition) is 2. The lowest BCUT2D eigenvalue weighted by Gasteiger charge is -2.14. The van der Waals surface area contributed by atoms with Crippen LogP contribution in [-0.2, 0) is 15.3 Å². The van der Waals surface area contributed by atoms with Crippen LogP contribution in [0.1, 0.15) is 25.6 Å². The number of sulfone groups is 1. The van der Waals surface area contributed by atoms with Crippen LogP contribution < -0.4 is 0 Å². The van der Waals surface area contributed by atoms with E-state index in [2.05, 4.69) is 4.98 Å². The first kappa shape index (κ1) is 14.6. The van der Waals surface area contributed by atoms with Crippen LogP contribution in [0.2, 0.25) is 0 Å².